The lowest BCUT2D eigenvalue weighted by Gasteiger charge is -2.37. The molecule has 1 aliphatic rings. The average molecular weight is 255 g/mol. The Bertz CT molecular complexity index is 263. The molecular weight excluding hydrogens is 226 g/mol. The molecule has 0 aromatic heterocycles. The summed E-state index contributed by atoms with van der Waals surface area (Å²) in [5, 5.41) is 2.87. The quantitative estimate of drug-likeness (QED) is 0.820. The zero-order valence-corrected chi connectivity index (χ0v) is 12.5. The highest BCUT2D eigenvalue weighted by atomic mass is 16.5. The second-order valence-corrected chi connectivity index (χ2v) is 6.40. The van der Waals surface area contributed by atoms with Crippen LogP contribution in [-0.2, 0) is 9.53 Å². The SMILES string of the molecule is CC(C)NC(=O)CO[C@@H]1C[C@H](C)CC[C@H]1C(C)C. The Balaban J connectivity index is 2.43. The summed E-state index contributed by atoms with van der Waals surface area (Å²) in [6.07, 6.45) is 3.88. The van der Waals surface area contributed by atoms with Crippen LogP contribution in [0.3, 0.4) is 0 Å². The van der Waals surface area contributed by atoms with Crippen molar-refractivity contribution in [3.63, 3.8) is 0 Å². The van der Waals surface area contributed by atoms with Crippen molar-refractivity contribution in [2.45, 2.75) is 66.0 Å². The molecule has 3 atom stereocenters. The monoisotopic (exact) mass is 255 g/mol. The van der Waals surface area contributed by atoms with E-state index in [2.05, 4.69) is 26.1 Å². The summed E-state index contributed by atoms with van der Waals surface area (Å²) in [7, 11) is 0. The molecule has 3 nitrogen and oxygen atoms in total. The van der Waals surface area contributed by atoms with E-state index in [0.29, 0.717) is 11.8 Å². The van der Waals surface area contributed by atoms with E-state index in [0.717, 1.165) is 12.3 Å². The molecule has 0 radical (unpaired) electrons. The van der Waals surface area contributed by atoms with Crippen LogP contribution in [0.1, 0.15) is 53.9 Å². The Kier molecular flexibility index (Phi) is 6.13. The number of hydrogen-bond donors (Lipinski definition) is 1. The van der Waals surface area contributed by atoms with Crippen molar-refractivity contribution in [3.05, 3.63) is 0 Å². The van der Waals surface area contributed by atoms with Crippen LogP contribution in [0, 0.1) is 17.8 Å². The highest BCUT2D eigenvalue weighted by molar-refractivity contribution is 5.77. The smallest absolute Gasteiger partial charge is 0.246 e. The van der Waals surface area contributed by atoms with Crippen LogP contribution in [0.25, 0.3) is 0 Å². The van der Waals surface area contributed by atoms with Gasteiger partial charge in [0.1, 0.15) is 6.61 Å². The molecule has 0 heterocycles. The third kappa shape index (κ3) is 4.97. The van der Waals surface area contributed by atoms with Gasteiger partial charge in [0.2, 0.25) is 5.91 Å². The zero-order chi connectivity index (χ0) is 13.7. The van der Waals surface area contributed by atoms with E-state index in [-0.39, 0.29) is 24.7 Å². The van der Waals surface area contributed by atoms with Crippen LogP contribution < -0.4 is 5.32 Å². The number of carbonyl (C=O) groups is 1. The summed E-state index contributed by atoms with van der Waals surface area (Å²) >= 11 is 0. The van der Waals surface area contributed by atoms with E-state index in [9.17, 15) is 4.79 Å². The predicted octanol–water partition coefficient (Wildman–Crippen LogP) is 2.99. The third-order valence-electron chi connectivity index (χ3n) is 3.84. The summed E-state index contributed by atoms with van der Waals surface area (Å²) in [6.45, 7) is 10.9. The lowest BCUT2D eigenvalue weighted by Crippen LogP contribution is -2.39. The maximum Gasteiger partial charge on any atom is 0.246 e. The van der Waals surface area contributed by atoms with E-state index in [1.54, 1.807) is 0 Å². The topological polar surface area (TPSA) is 38.3 Å². The molecule has 0 bridgehead atoms. The maximum absolute atomic E-state index is 11.6. The minimum Gasteiger partial charge on any atom is -0.368 e. The van der Waals surface area contributed by atoms with Gasteiger partial charge in [-0.2, -0.15) is 0 Å². The Morgan fingerprint density at radius 1 is 1.28 bits per heavy atom. The van der Waals surface area contributed by atoms with Crippen molar-refractivity contribution >= 4 is 5.91 Å². The van der Waals surface area contributed by atoms with Gasteiger partial charge < -0.3 is 10.1 Å². The Hall–Kier alpha value is -0.570. The highest BCUT2D eigenvalue weighted by Gasteiger charge is 2.31. The van der Waals surface area contributed by atoms with Crippen LogP contribution in [-0.4, -0.2) is 24.7 Å². The van der Waals surface area contributed by atoms with Gasteiger partial charge in [0.15, 0.2) is 0 Å². The largest absolute Gasteiger partial charge is 0.368 e. The molecule has 1 rings (SSSR count). The second-order valence-electron chi connectivity index (χ2n) is 6.40. The molecule has 1 N–H and O–H groups in total. The predicted molar refractivity (Wildman–Crippen MR) is 74.4 cm³/mol. The van der Waals surface area contributed by atoms with Gasteiger partial charge in [-0.15, -0.1) is 0 Å². The average Bonchev–Trinajstić information content (AvgIpc) is 2.25. The molecule has 0 aliphatic heterocycles. The standard InChI is InChI=1S/C15H29NO2/c1-10(2)13-7-6-12(5)8-14(13)18-9-15(17)16-11(3)4/h10-14H,6-9H2,1-5H3,(H,16,17)/t12-,13+,14-/m1/s1. The van der Waals surface area contributed by atoms with Crippen LogP contribution >= 0.6 is 0 Å². The first-order chi connectivity index (χ1) is 8.40. The number of rotatable bonds is 5. The number of nitrogens with one attached hydrogen (secondary N) is 1. The third-order valence-corrected chi connectivity index (χ3v) is 3.84. The van der Waals surface area contributed by atoms with Gasteiger partial charge in [-0.1, -0.05) is 27.2 Å². The normalized spacial score (nSPS) is 28.7. The summed E-state index contributed by atoms with van der Waals surface area (Å²) in [4.78, 5) is 11.6. The Morgan fingerprint density at radius 3 is 2.50 bits per heavy atom. The van der Waals surface area contributed by atoms with Crippen molar-refractivity contribution in [2.24, 2.45) is 17.8 Å². The van der Waals surface area contributed by atoms with E-state index >= 15 is 0 Å². The van der Waals surface area contributed by atoms with Gasteiger partial charge in [-0.25, -0.2) is 0 Å². The van der Waals surface area contributed by atoms with E-state index < -0.39 is 0 Å². The lowest BCUT2D eigenvalue weighted by atomic mass is 9.75. The van der Waals surface area contributed by atoms with Crippen LogP contribution in [0.4, 0.5) is 0 Å². The van der Waals surface area contributed by atoms with Gasteiger partial charge in [-0.05, 0) is 44.4 Å². The number of ether oxygens (including phenoxy) is 1. The zero-order valence-electron chi connectivity index (χ0n) is 12.5. The van der Waals surface area contributed by atoms with Crippen LogP contribution in [0.15, 0.2) is 0 Å². The van der Waals surface area contributed by atoms with Crippen LogP contribution in [0.5, 0.6) is 0 Å². The Labute approximate surface area is 112 Å². The fourth-order valence-corrected chi connectivity index (χ4v) is 2.85. The lowest BCUT2D eigenvalue weighted by molar-refractivity contribution is -0.131. The number of carbonyl (C=O) groups excluding carboxylic acids is 1. The van der Waals surface area contributed by atoms with Crippen molar-refractivity contribution in [1.29, 1.82) is 0 Å². The van der Waals surface area contributed by atoms with Gasteiger partial charge in [0.05, 0.1) is 6.10 Å². The molecule has 1 saturated carbocycles. The molecule has 0 aromatic carbocycles. The highest BCUT2D eigenvalue weighted by Crippen LogP contribution is 2.35. The molecule has 0 unspecified atom stereocenters. The molecule has 1 aliphatic carbocycles. The number of amides is 1. The van der Waals surface area contributed by atoms with E-state index in [1.165, 1.54) is 12.8 Å². The fourth-order valence-electron chi connectivity index (χ4n) is 2.85. The second kappa shape index (κ2) is 7.13. The van der Waals surface area contributed by atoms with Gasteiger partial charge in [0.25, 0.3) is 0 Å². The van der Waals surface area contributed by atoms with Gasteiger partial charge in [-0.3, -0.25) is 4.79 Å². The summed E-state index contributed by atoms with van der Waals surface area (Å²) in [5.41, 5.74) is 0. The molecular formula is C15H29NO2. The van der Waals surface area contributed by atoms with Crippen molar-refractivity contribution in [3.8, 4) is 0 Å². The summed E-state index contributed by atoms with van der Waals surface area (Å²) < 4.78 is 5.88. The van der Waals surface area contributed by atoms with Crippen molar-refractivity contribution in [2.75, 3.05) is 6.61 Å². The summed E-state index contributed by atoms with van der Waals surface area (Å²) in [5.74, 6) is 1.97. The molecule has 1 fully saturated rings. The molecule has 3 heteroatoms. The van der Waals surface area contributed by atoms with E-state index in [1.807, 2.05) is 13.8 Å². The molecule has 0 spiro atoms. The van der Waals surface area contributed by atoms with E-state index in [4.69, 9.17) is 4.74 Å². The van der Waals surface area contributed by atoms with Gasteiger partial charge in [0, 0.05) is 6.04 Å². The fraction of sp³-hybridized carbons (Fsp3) is 0.933. The molecule has 1 amide bonds. The van der Waals surface area contributed by atoms with Crippen molar-refractivity contribution < 1.29 is 9.53 Å². The first-order valence-corrected chi connectivity index (χ1v) is 7.31. The Morgan fingerprint density at radius 2 is 1.94 bits per heavy atom. The summed E-state index contributed by atoms with van der Waals surface area (Å²) in [6, 6.07) is 0.187. The minimum absolute atomic E-state index is 0.00531. The first-order valence-electron chi connectivity index (χ1n) is 7.31. The minimum atomic E-state index is 0.00531. The van der Waals surface area contributed by atoms with Gasteiger partial charge >= 0.3 is 0 Å². The molecule has 0 aromatic rings. The molecule has 18 heavy (non-hydrogen) atoms. The van der Waals surface area contributed by atoms with Crippen molar-refractivity contribution in [1.82, 2.24) is 5.32 Å². The molecule has 0 saturated heterocycles. The maximum atomic E-state index is 11.6. The number of hydrogen-bond acceptors (Lipinski definition) is 2. The molecule has 106 valence electrons. The van der Waals surface area contributed by atoms with Crippen LogP contribution in [0.2, 0.25) is 0 Å². The first kappa shape index (κ1) is 15.5.